The summed E-state index contributed by atoms with van der Waals surface area (Å²) in [7, 11) is 0. The van der Waals surface area contributed by atoms with Crippen molar-refractivity contribution in [1.29, 1.82) is 0 Å². The Morgan fingerprint density at radius 1 is 1.05 bits per heavy atom. The molecule has 0 saturated heterocycles. The van der Waals surface area contributed by atoms with Gasteiger partial charge in [-0.05, 0) is 61.2 Å². The molecule has 0 heterocycles. The molecule has 0 unspecified atom stereocenters. The molecule has 0 aromatic heterocycles. The summed E-state index contributed by atoms with van der Waals surface area (Å²) < 4.78 is 5.86. The monoisotopic (exact) mass is 289 g/mol. The number of hydrogen-bond acceptors (Lipinski definition) is 2. The highest BCUT2D eigenvalue weighted by atomic mass is 35.5. The van der Waals surface area contributed by atoms with Gasteiger partial charge in [-0.15, -0.1) is 0 Å². The fourth-order valence-corrected chi connectivity index (χ4v) is 2.23. The summed E-state index contributed by atoms with van der Waals surface area (Å²) >= 11 is 6.15. The van der Waals surface area contributed by atoms with Crippen LogP contribution in [0, 0.1) is 13.8 Å². The highest BCUT2D eigenvalue weighted by Crippen LogP contribution is 2.29. The Morgan fingerprint density at radius 2 is 1.60 bits per heavy atom. The minimum Gasteiger partial charge on any atom is -0.457 e. The first-order valence-electron chi connectivity index (χ1n) is 6.81. The number of hydrogen-bond donors (Lipinski definition) is 1. The first-order valence-corrected chi connectivity index (χ1v) is 7.19. The van der Waals surface area contributed by atoms with E-state index in [4.69, 9.17) is 22.1 Å². The van der Waals surface area contributed by atoms with Gasteiger partial charge in [-0.2, -0.15) is 0 Å². The second kappa shape index (κ2) is 6.29. The van der Waals surface area contributed by atoms with Crippen LogP contribution < -0.4 is 10.5 Å². The lowest BCUT2D eigenvalue weighted by atomic mass is 10.1. The van der Waals surface area contributed by atoms with Crippen LogP contribution in [0.15, 0.2) is 36.4 Å². The Kier molecular flexibility index (Phi) is 4.69. The van der Waals surface area contributed by atoms with Crippen LogP contribution in [0.25, 0.3) is 0 Å². The average Bonchev–Trinajstić information content (AvgIpc) is 2.44. The molecule has 2 N–H and O–H groups in total. The predicted molar refractivity (Wildman–Crippen MR) is 84.7 cm³/mol. The number of ether oxygens (including phenoxy) is 1. The van der Waals surface area contributed by atoms with Gasteiger partial charge in [0.25, 0.3) is 0 Å². The molecular weight excluding hydrogens is 270 g/mol. The standard InChI is InChI=1S/C17H20ClNO/c1-4-16(19)13-5-7-14(8-6-13)20-15-9-11(2)17(18)12(3)10-15/h5-10,16H,4,19H2,1-3H3/t16-/m1/s1. The summed E-state index contributed by atoms with van der Waals surface area (Å²) in [5, 5.41) is 0.793. The van der Waals surface area contributed by atoms with Crippen LogP contribution in [-0.4, -0.2) is 0 Å². The van der Waals surface area contributed by atoms with Crippen molar-refractivity contribution in [2.75, 3.05) is 0 Å². The van der Waals surface area contributed by atoms with Crippen molar-refractivity contribution >= 4 is 11.6 Å². The van der Waals surface area contributed by atoms with E-state index in [1.807, 2.05) is 50.2 Å². The third kappa shape index (κ3) is 3.33. The highest BCUT2D eigenvalue weighted by Gasteiger charge is 2.06. The molecule has 0 aliphatic rings. The molecule has 2 rings (SSSR count). The molecule has 0 amide bonds. The number of aryl methyl sites for hydroxylation is 2. The van der Waals surface area contributed by atoms with E-state index in [1.165, 1.54) is 0 Å². The molecule has 2 nitrogen and oxygen atoms in total. The molecule has 3 heteroatoms. The topological polar surface area (TPSA) is 35.2 Å². The van der Waals surface area contributed by atoms with Crippen LogP contribution in [0.2, 0.25) is 5.02 Å². The number of halogens is 1. The van der Waals surface area contributed by atoms with Crippen molar-refractivity contribution in [2.24, 2.45) is 5.73 Å². The van der Waals surface area contributed by atoms with Gasteiger partial charge in [0.2, 0.25) is 0 Å². The summed E-state index contributed by atoms with van der Waals surface area (Å²) in [6.07, 6.45) is 0.926. The minimum atomic E-state index is 0.0871. The van der Waals surface area contributed by atoms with Gasteiger partial charge in [0.15, 0.2) is 0 Å². The van der Waals surface area contributed by atoms with E-state index in [-0.39, 0.29) is 6.04 Å². The third-order valence-electron chi connectivity index (χ3n) is 3.39. The van der Waals surface area contributed by atoms with Crippen molar-refractivity contribution in [3.05, 3.63) is 58.1 Å². The molecule has 0 aliphatic heterocycles. The van der Waals surface area contributed by atoms with Crippen LogP contribution in [0.5, 0.6) is 11.5 Å². The van der Waals surface area contributed by atoms with Crippen molar-refractivity contribution in [2.45, 2.75) is 33.2 Å². The van der Waals surface area contributed by atoms with Gasteiger partial charge in [0.05, 0.1) is 0 Å². The summed E-state index contributed by atoms with van der Waals surface area (Å²) in [6.45, 7) is 6.03. The zero-order valence-corrected chi connectivity index (χ0v) is 12.9. The maximum absolute atomic E-state index is 6.15. The summed E-state index contributed by atoms with van der Waals surface area (Å²) in [5.41, 5.74) is 9.17. The molecule has 0 radical (unpaired) electrons. The van der Waals surface area contributed by atoms with E-state index >= 15 is 0 Å². The number of rotatable bonds is 4. The van der Waals surface area contributed by atoms with Crippen LogP contribution in [-0.2, 0) is 0 Å². The lowest BCUT2D eigenvalue weighted by molar-refractivity contribution is 0.481. The molecule has 0 aliphatic carbocycles. The van der Waals surface area contributed by atoms with E-state index in [0.29, 0.717) is 0 Å². The Morgan fingerprint density at radius 3 is 2.10 bits per heavy atom. The van der Waals surface area contributed by atoms with Crippen molar-refractivity contribution < 1.29 is 4.74 Å². The van der Waals surface area contributed by atoms with E-state index in [1.54, 1.807) is 0 Å². The third-order valence-corrected chi connectivity index (χ3v) is 3.99. The van der Waals surface area contributed by atoms with E-state index in [0.717, 1.165) is 39.6 Å². The summed E-state index contributed by atoms with van der Waals surface area (Å²) in [4.78, 5) is 0. The number of nitrogens with two attached hydrogens (primary N) is 1. The first-order chi connectivity index (χ1) is 9.51. The SMILES string of the molecule is CC[C@@H](N)c1ccc(Oc2cc(C)c(Cl)c(C)c2)cc1. The van der Waals surface area contributed by atoms with E-state index in [2.05, 4.69) is 6.92 Å². The minimum absolute atomic E-state index is 0.0871. The predicted octanol–water partition coefficient (Wildman–Crippen LogP) is 5.16. The maximum atomic E-state index is 6.15. The highest BCUT2D eigenvalue weighted by molar-refractivity contribution is 6.32. The van der Waals surface area contributed by atoms with Crippen LogP contribution >= 0.6 is 11.6 Å². The zero-order valence-electron chi connectivity index (χ0n) is 12.1. The molecule has 20 heavy (non-hydrogen) atoms. The summed E-state index contributed by atoms with van der Waals surface area (Å²) in [5.74, 6) is 1.61. The maximum Gasteiger partial charge on any atom is 0.128 e. The second-order valence-electron chi connectivity index (χ2n) is 5.06. The van der Waals surface area contributed by atoms with Gasteiger partial charge in [0, 0.05) is 11.1 Å². The lowest BCUT2D eigenvalue weighted by Crippen LogP contribution is -2.08. The van der Waals surface area contributed by atoms with Crippen LogP contribution in [0.3, 0.4) is 0 Å². The van der Waals surface area contributed by atoms with Crippen molar-refractivity contribution in [1.82, 2.24) is 0 Å². The molecule has 0 fully saturated rings. The molecule has 0 bridgehead atoms. The quantitative estimate of drug-likeness (QED) is 0.844. The van der Waals surface area contributed by atoms with Gasteiger partial charge in [-0.1, -0.05) is 30.7 Å². The molecule has 106 valence electrons. The Hall–Kier alpha value is -1.51. The zero-order chi connectivity index (χ0) is 14.7. The average molecular weight is 290 g/mol. The van der Waals surface area contributed by atoms with E-state index < -0.39 is 0 Å². The van der Waals surface area contributed by atoms with Gasteiger partial charge in [0.1, 0.15) is 11.5 Å². The second-order valence-corrected chi connectivity index (χ2v) is 5.43. The molecule has 2 aromatic rings. The molecule has 0 spiro atoms. The van der Waals surface area contributed by atoms with Gasteiger partial charge in [-0.25, -0.2) is 0 Å². The lowest BCUT2D eigenvalue weighted by Gasteiger charge is -2.12. The van der Waals surface area contributed by atoms with Crippen molar-refractivity contribution in [3.8, 4) is 11.5 Å². The molecular formula is C17H20ClNO. The Labute approximate surface area is 125 Å². The van der Waals surface area contributed by atoms with Crippen LogP contribution in [0.4, 0.5) is 0 Å². The fourth-order valence-electron chi connectivity index (χ4n) is 2.12. The smallest absolute Gasteiger partial charge is 0.128 e. The first kappa shape index (κ1) is 14.9. The molecule has 0 saturated carbocycles. The van der Waals surface area contributed by atoms with Crippen LogP contribution in [0.1, 0.15) is 36.1 Å². The largest absolute Gasteiger partial charge is 0.457 e. The molecule has 1 atom stereocenters. The molecule has 2 aromatic carbocycles. The Bertz CT molecular complexity index is 569. The van der Waals surface area contributed by atoms with Crippen molar-refractivity contribution in [3.63, 3.8) is 0 Å². The number of benzene rings is 2. The van der Waals surface area contributed by atoms with Gasteiger partial charge < -0.3 is 10.5 Å². The van der Waals surface area contributed by atoms with Gasteiger partial charge in [-0.3, -0.25) is 0 Å². The van der Waals surface area contributed by atoms with E-state index in [9.17, 15) is 0 Å². The normalized spacial score (nSPS) is 12.2. The Balaban J connectivity index is 2.18. The summed E-state index contributed by atoms with van der Waals surface area (Å²) in [6, 6.07) is 11.9. The fraction of sp³-hybridized carbons (Fsp3) is 0.294. The van der Waals surface area contributed by atoms with Gasteiger partial charge >= 0.3 is 0 Å².